The molecule has 0 aliphatic heterocycles. The van der Waals surface area contributed by atoms with Gasteiger partial charge in [-0.1, -0.05) is 0 Å². The molecule has 0 aliphatic carbocycles. The van der Waals surface area contributed by atoms with E-state index >= 15 is 0 Å². The minimum Gasteiger partial charge on any atom is -0.347 e. The molecule has 3 nitrogen and oxygen atoms in total. The molecule has 1 aromatic carbocycles. The average molecular weight is 343 g/mol. The summed E-state index contributed by atoms with van der Waals surface area (Å²) in [7, 11) is 0. The Balaban J connectivity index is 2.10. The number of aromatic nitrogens is 1. The Bertz CT molecular complexity index is 640. The van der Waals surface area contributed by atoms with E-state index in [1.165, 1.54) is 0 Å². The molecule has 2 aromatic rings. The number of nitrogens with one attached hydrogen (secondary N) is 1. The van der Waals surface area contributed by atoms with Gasteiger partial charge in [0.15, 0.2) is 0 Å². The van der Waals surface area contributed by atoms with Gasteiger partial charge in [-0.15, -0.1) is 0 Å². The number of hydrogen-bond donors (Lipinski definition) is 1. The lowest BCUT2D eigenvalue weighted by Crippen LogP contribution is -2.25. The number of hydrogen-bond acceptors (Lipinski definition) is 1. The van der Waals surface area contributed by atoms with Gasteiger partial charge in [0.25, 0.3) is 5.91 Å². The number of amides is 1. The number of carbonyl (C=O) groups excluding carboxylic acids is 1. The molecule has 0 aliphatic rings. The fraction of sp³-hybridized carbons (Fsp3) is 0.214. The summed E-state index contributed by atoms with van der Waals surface area (Å²) >= 11 is 3.30. The predicted octanol–water partition coefficient (Wildman–Crippen LogP) is 3.48. The van der Waals surface area contributed by atoms with Crippen LogP contribution >= 0.6 is 15.9 Å². The van der Waals surface area contributed by atoms with Crippen LogP contribution in [0, 0.1) is 11.6 Å². The van der Waals surface area contributed by atoms with Gasteiger partial charge < -0.3 is 9.88 Å². The molecule has 20 heavy (non-hydrogen) atoms. The lowest BCUT2D eigenvalue weighted by atomic mass is 10.2. The SMILES string of the molecule is CCn1cc(Br)cc1C(=O)NCc1cc(F)ccc1F. The molecule has 2 rings (SSSR count). The van der Waals surface area contributed by atoms with Gasteiger partial charge in [-0.25, -0.2) is 8.78 Å². The zero-order valence-electron chi connectivity index (χ0n) is 10.8. The Kier molecular flexibility index (Phi) is 4.54. The molecule has 6 heteroatoms. The van der Waals surface area contributed by atoms with Crippen LogP contribution in [-0.2, 0) is 13.1 Å². The number of rotatable bonds is 4. The average Bonchev–Trinajstić information content (AvgIpc) is 2.80. The summed E-state index contributed by atoms with van der Waals surface area (Å²) in [6.45, 7) is 2.49. The summed E-state index contributed by atoms with van der Waals surface area (Å²) < 4.78 is 29.0. The Morgan fingerprint density at radius 2 is 2.10 bits per heavy atom. The van der Waals surface area contributed by atoms with Crippen LogP contribution in [0.15, 0.2) is 34.9 Å². The molecule has 0 fully saturated rings. The third-order valence-electron chi connectivity index (χ3n) is 2.88. The van der Waals surface area contributed by atoms with Gasteiger partial charge in [0.05, 0.1) is 0 Å². The van der Waals surface area contributed by atoms with E-state index in [0.29, 0.717) is 12.2 Å². The van der Waals surface area contributed by atoms with Gasteiger partial charge in [-0.05, 0) is 47.1 Å². The van der Waals surface area contributed by atoms with Crippen LogP contribution in [0.4, 0.5) is 8.78 Å². The molecule has 1 N–H and O–H groups in total. The van der Waals surface area contributed by atoms with E-state index in [-0.39, 0.29) is 18.0 Å². The first kappa shape index (κ1) is 14.7. The summed E-state index contributed by atoms with van der Waals surface area (Å²) in [6, 6.07) is 4.84. The lowest BCUT2D eigenvalue weighted by molar-refractivity contribution is 0.0941. The van der Waals surface area contributed by atoms with Crippen molar-refractivity contribution in [2.75, 3.05) is 0 Å². The predicted molar refractivity (Wildman–Crippen MR) is 75.3 cm³/mol. The first-order chi connectivity index (χ1) is 9.51. The molecule has 0 atom stereocenters. The third kappa shape index (κ3) is 3.25. The monoisotopic (exact) mass is 342 g/mol. The summed E-state index contributed by atoms with van der Waals surface area (Å²) in [5.41, 5.74) is 0.586. The molecular formula is C14H13BrF2N2O. The van der Waals surface area contributed by atoms with E-state index < -0.39 is 11.6 Å². The van der Waals surface area contributed by atoms with Crippen LogP contribution in [-0.4, -0.2) is 10.5 Å². The Hall–Kier alpha value is -1.69. The summed E-state index contributed by atoms with van der Waals surface area (Å²) in [4.78, 5) is 12.0. The van der Waals surface area contributed by atoms with E-state index in [1.807, 2.05) is 6.92 Å². The highest BCUT2D eigenvalue weighted by atomic mass is 79.9. The molecule has 0 bridgehead atoms. The van der Waals surface area contributed by atoms with Crippen molar-refractivity contribution < 1.29 is 13.6 Å². The summed E-state index contributed by atoms with van der Waals surface area (Å²) in [6.07, 6.45) is 1.79. The van der Waals surface area contributed by atoms with Crippen molar-refractivity contribution in [1.29, 1.82) is 0 Å². The van der Waals surface area contributed by atoms with E-state index in [0.717, 1.165) is 22.7 Å². The first-order valence-electron chi connectivity index (χ1n) is 6.09. The molecule has 0 saturated carbocycles. The Morgan fingerprint density at radius 3 is 2.80 bits per heavy atom. The zero-order valence-corrected chi connectivity index (χ0v) is 12.4. The van der Waals surface area contributed by atoms with E-state index in [4.69, 9.17) is 0 Å². The number of benzene rings is 1. The van der Waals surface area contributed by atoms with Gasteiger partial charge >= 0.3 is 0 Å². The Labute approximate surface area is 123 Å². The maximum Gasteiger partial charge on any atom is 0.268 e. The molecule has 0 saturated heterocycles. The molecule has 106 valence electrons. The van der Waals surface area contributed by atoms with Crippen LogP contribution in [0.1, 0.15) is 23.0 Å². The molecule has 0 radical (unpaired) electrons. The second-order valence-electron chi connectivity index (χ2n) is 4.25. The number of aryl methyl sites for hydroxylation is 1. The first-order valence-corrected chi connectivity index (χ1v) is 6.88. The summed E-state index contributed by atoms with van der Waals surface area (Å²) in [5.74, 6) is -1.41. The second kappa shape index (κ2) is 6.17. The zero-order chi connectivity index (χ0) is 14.7. The van der Waals surface area contributed by atoms with Crippen molar-refractivity contribution in [2.45, 2.75) is 20.0 Å². The van der Waals surface area contributed by atoms with Crippen molar-refractivity contribution >= 4 is 21.8 Å². The van der Waals surface area contributed by atoms with Crippen LogP contribution in [0.5, 0.6) is 0 Å². The maximum atomic E-state index is 13.4. The molecule has 1 heterocycles. The molecule has 0 unspecified atom stereocenters. The quantitative estimate of drug-likeness (QED) is 0.906. The molecule has 0 spiro atoms. The van der Waals surface area contributed by atoms with Crippen LogP contribution in [0.3, 0.4) is 0 Å². The van der Waals surface area contributed by atoms with Crippen molar-refractivity contribution in [3.63, 3.8) is 0 Å². The highest BCUT2D eigenvalue weighted by Gasteiger charge is 2.13. The molecule has 1 aromatic heterocycles. The number of halogens is 3. The standard InChI is InChI=1S/C14H13BrF2N2O/c1-2-19-8-10(15)6-13(19)14(20)18-7-9-5-11(16)3-4-12(9)17/h3-6,8H,2,7H2,1H3,(H,18,20). The highest BCUT2D eigenvalue weighted by Crippen LogP contribution is 2.15. The van der Waals surface area contributed by atoms with Gasteiger partial charge in [-0.2, -0.15) is 0 Å². The van der Waals surface area contributed by atoms with Crippen LogP contribution in [0.25, 0.3) is 0 Å². The molecule has 1 amide bonds. The second-order valence-corrected chi connectivity index (χ2v) is 5.16. The minimum atomic E-state index is -0.543. The fourth-order valence-electron chi connectivity index (χ4n) is 1.87. The topological polar surface area (TPSA) is 34.0 Å². The fourth-order valence-corrected chi connectivity index (χ4v) is 2.34. The maximum absolute atomic E-state index is 13.4. The molecular weight excluding hydrogens is 330 g/mol. The largest absolute Gasteiger partial charge is 0.347 e. The van der Waals surface area contributed by atoms with Gasteiger partial charge in [0, 0.05) is 29.3 Å². The highest BCUT2D eigenvalue weighted by molar-refractivity contribution is 9.10. The van der Waals surface area contributed by atoms with Crippen molar-refractivity contribution in [1.82, 2.24) is 9.88 Å². The van der Waals surface area contributed by atoms with Crippen LogP contribution < -0.4 is 5.32 Å². The smallest absolute Gasteiger partial charge is 0.268 e. The summed E-state index contributed by atoms with van der Waals surface area (Å²) in [5, 5.41) is 2.58. The van der Waals surface area contributed by atoms with Crippen molar-refractivity contribution in [3.05, 3.63) is 57.8 Å². The van der Waals surface area contributed by atoms with E-state index in [1.54, 1.807) is 16.8 Å². The van der Waals surface area contributed by atoms with E-state index in [9.17, 15) is 13.6 Å². The number of nitrogens with zero attached hydrogens (tertiary/aromatic N) is 1. The Morgan fingerprint density at radius 1 is 1.35 bits per heavy atom. The lowest BCUT2D eigenvalue weighted by Gasteiger charge is -2.08. The minimum absolute atomic E-state index is 0.0606. The number of carbonyl (C=O) groups is 1. The van der Waals surface area contributed by atoms with Gasteiger partial charge in [-0.3, -0.25) is 4.79 Å². The van der Waals surface area contributed by atoms with Gasteiger partial charge in [0.2, 0.25) is 0 Å². The van der Waals surface area contributed by atoms with Crippen LogP contribution in [0.2, 0.25) is 0 Å². The normalized spacial score (nSPS) is 10.6. The van der Waals surface area contributed by atoms with Crippen molar-refractivity contribution in [2.24, 2.45) is 0 Å². The third-order valence-corrected chi connectivity index (χ3v) is 3.32. The van der Waals surface area contributed by atoms with E-state index in [2.05, 4.69) is 21.2 Å². The van der Waals surface area contributed by atoms with Crippen molar-refractivity contribution in [3.8, 4) is 0 Å². The van der Waals surface area contributed by atoms with Gasteiger partial charge in [0.1, 0.15) is 17.3 Å².